The van der Waals surface area contributed by atoms with Crippen LogP contribution in [-0.4, -0.2) is 36.2 Å². The minimum Gasteiger partial charge on any atom is -0.497 e. The second kappa shape index (κ2) is 7.82. The molecular weight excluding hydrogens is 326 g/mol. The predicted molar refractivity (Wildman–Crippen MR) is 104 cm³/mol. The summed E-state index contributed by atoms with van der Waals surface area (Å²) in [6.07, 6.45) is 5.41. The van der Waals surface area contributed by atoms with E-state index in [2.05, 4.69) is 20.3 Å². The SMILES string of the molecule is COc1ccc([C@H](Nc2ncc(C)c(N(C)C)n2)c2ccncc2)cc1. The highest BCUT2D eigenvalue weighted by molar-refractivity contribution is 5.49. The van der Waals surface area contributed by atoms with Gasteiger partial charge in [0.1, 0.15) is 11.6 Å². The van der Waals surface area contributed by atoms with E-state index in [0.29, 0.717) is 5.95 Å². The zero-order valence-corrected chi connectivity index (χ0v) is 15.5. The van der Waals surface area contributed by atoms with Gasteiger partial charge in [-0.05, 0) is 42.3 Å². The first-order valence-corrected chi connectivity index (χ1v) is 8.40. The zero-order chi connectivity index (χ0) is 18.5. The van der Waals surface area contributed by atoms with Gasteiger partial charge in [-0.1, -0.05) is 12.1 Å². The fourth-order valence-electron chi connectivity index (χ4n) is 2.80. The van der Waals surface area contributed by atoms with Gasteiger partial charge in [0.05, 0.1) is 13.2 Å². The summed E-state index contributed by atoms with van der Waals surface area (Å²) in [5, 5.41) is 3.45. The van der Waals surface area contributed by atoms with Crippen molar-refractivity contribution in [3.63, 3.8) is 0 Å². The number of aryl methyl sites for hydroxylation is 1. The molecule has 0 fully saturated rings. The van der Waals surface area contributed by atoms with Crippen LogP contribution in [0.15, 0.2) is 55.0 Å². The van der Waals surface area contributed by atoms with Crippen molar-refractivity contribution >= 4 is 11.8 Å². The van der Waals surface area contributed by atoms with Crippen LogP contribution in [0.2, 0.25) is 0 Å². The molecule has 0 saturated heterocycles. The molecule has 26 heavy (non-hydrogen) atoms. The topological polar surface area (TPSA) is 63.2 Å². The molecule has 0 radical (unpaired) electrons. The third-order valence-electron chi connectivity index (χ3n) is 4.13. The highest BCUT2D eigenvalue weighted by atomic mass is 16.5. The van der Waals surface area contributed by atoms with Crippen LogP contribution in [0.25, 0.3) is 0 Å². The molecule has 0 aliphatic carbocycles. The summed E-state index contributed by atoms with van der Waals surface area (Å²) in [5.74, 6) is 2.30. The summed E-state index contributed by atoms with van der Waals surface area (Å²) in [6, 6.07) is 11.9. The van der Waals surface area contributed by atoms with Gasteiger partial charge < -0.3 is 15.0 Å². The number of nitrogens with zero attached hydrogens (tertiary/aromatic N) is 4. The molecule has 134 valence electrons. The molecule has 0 saturated carbocycles. The fraction of sp³-hybridized carbons (Fsp3) is 0.250. The van der Waals surface area contributed by atoms with Crippen molar-refractivity contribution in [2.75, 3.05) is 31.4 Å². The van der Waals surface area contributed by atoms with Gasteiger partial charge in [-0.15, -0.1) is 0 Å². The molecule has 1 aromatic carbocycles. The minimum atomic E-state index is -0.0957. The van der Waals surface area contributed by atoms with Gasteiger partial charge in [-0.25, -0.2) is 4.98 Å². The van der Waals surface area contributed by atoms with Crippen molar-refractivity contribution in [3.8, 4) is 5.75 Å². The Kier molecular flexibility index (Phi) is 5.31. The molecule has 0 aliphatic rings. The van der Waals surface area contributed by atoms with Gasteiger partial charge >= 0.3 is 0 Å². The second-order valence-electron chi connectivity index (χ2n) is 6.23. The summed E-state index contributed by atoms with van der Waals surface area (Å²) in [6.45, 7) is 2.00. The van der Waals surface area contributed by atoms with Crippen LogP contribution >= 0.6 is 0 Å². The average Bonchev–Trinajstić information content (AvgIpc) is 2.68. The van der Waals surface area contributed by atoms with Crippen LogP contribution < -0.4 is 15.0 Å². The molecule has 0 amide bonds. The number of methoxy groups -OCH3 is 1. The number of anilines is 2. The van der Waals surface area contributed by atoms with Crippen molar-refractivity contribution in [2.24, 2.45) is 0 Å². The summed E-state index contributed by atoms with van der Waals surface area (Å²) < 4.78 is 5.27. The number of nitrogens with one attached hydrogen (secondary N) is 1. The van der Waals surface area contributed by atoms with Crippen molar-refractivity contribution in [2.45, 2.75) is 13.0 Å². The van der Waals surface area contributed by atoms with Crippen LogP contribution in [0.1, 0.15) is 22.7 Å². The van der Waals surface area contributed by atoms with Gasteiger partial charge in [0, 0.05) is 38.2 Å². The predicted octanol–water partition coefficient (Wildman–Crippen LogP) is 3.46. The van der Waals surface area contributed by atoms with Crippen LogP contribution in [0.5, 0.6) is 5.75 Å². The Morgan fingerprint density at radius 1 is 1.00 bits per heavy atom. The summed E-state index contributed by atoms with van der Waals surface area (Å²) >= 11 is 0. The Morgan fingerprint density at radius 3 is 2.27 bits per heavy atom. The maximum atomic E-state index is 5.27. The van der Waals surface area contributed by atoms with E-state index in [4.69, 9.17) is 4.74 Å². The third-order valence-corrected chi connectivity index (χ3v) is 4.13. The number of hydrogen-bond acceptors (Lipinski definition) is 6. The number of pyridine rings is 1. The molecule has 2 heterocycles. The van der Waals surface area contributed by atoms with E-state index in [1.165, 1.54) is 0 Å². The number of ether oxygens (including phenoxy) is 1. The maximum absolute atomic E-state index is 5.27. The molecule has 0 unspecified atom stereocenters. The smallest absolute Gasteiger partial charge is 0.225 e. The number of rotatable bonds is 6. The first kappa shape index (κ1) is 17.7. The molecule has 3 aromatic rings. The van der Waals surface area contributed by atoms with Gasteiger partial charge in [0.25, 0.3) is 0 Å². The van der Waals surface area contributed by atoms with E-state index < -0.39 is 0 Å². The highest BCUT2D eigenvalue weighted by Crippen LogP contribution is 2.27. The van der Waals surface area contributed by atoms with E-state index in [9.17, 15) is 0 Å². The summed E-state index contributed by atoms with van der Waals surface area (Å²) in [4.78, 5) is 15.2. The Hall–Kier alpha value is -3.15. The third kappa shape index (κ3) is 3.91. The average molecular weight is 349 g/mol. The lowest BCUT2D eigenvalue weighted by atomic mass is 10.00. The number of aromatic nitrogens is 3. The Labute approximate surface area is 153 Å². The molecule has 3 rings (SSSR count). The minimum absolute atomic E-state index is 0.0957. The van der Waals surface area contributed by atoms with E-state index in [1.807, 2.05) is 68.5 Å². The first-order chi connectivity index (χ1) is 12.6. The summed E-state index contributed by atoms with van der Waals surface area (Å²) in [5.41, 5.74) is 3.21. The Balaban J connectivity index is 1.97. The number of benzene rings is 1. The Morgan fingerprint density at radius 2 is 1.65 bits per heavy atom. The Bertz CT molecular complexity index is 850. The van der Waals surface area contributed by atoms with Crippen LogP contribution in [0, 0.1) is 6.92 Å². The van der Waals surface area contributed by atoms with E-state index in [1.54, 1.807) is 19.5 Å². The molecule has 6 heteroatoms. The monoisotopic (exact) mass is 349 g/mol. The van der Waals surface area contributed by atoms with Crippen LogP contribution in [0.3, 0.4) is 0 Å². The molecule has 0 aliphatic heterocycles. The molecule has 1 N–H and O–H groups in total. The zero-order valence-electron chi connectivity index (χ0n) is 15.5. The summed E-state index contributed by atoms with van der Waals surface area (Å²) in [7, 11) is 5.61. The van der Waals surface area contributed by atoms with Crippen molar-refractivity contribution in [1.82, 2.24) is 15.0 Å². The molecular formula is C20H23N5O. The van der Waals surface area contributed by atoms with E-state index >= 15 is 0 Å². The molecule has 0 spiro atoms. The van der Waals surface area contributed by atoms with E-state index in [-0.39, 0.29) is 6.04 Å². The van der Waals surface area contributed by atoms with E-state index in [0.717, 1.165) is 28.3 Å². The highest BCUT2D eigenvalue weighted by Gasteiger charge is 2.16. The van der Waals surface area contributed by atoms with Crippen LogP contribution in [-0.2, 0) is 0 Å². The maximum Gasteiger partial charge on any atom is 0.225 e. The normalized spacial score (nSPS) is 11.7. The standard InChI is InChI=1S/C20H23N5O/c1-14-13-22-20(24-19(14)25(2)3)23-18(16-9-11-21-12-10-16)15-5-7-17(26-4)8-6-15/h5-13,18H,1-4H3,(H,22,23,24)/t18-/m0/s1. The first-order valence-electron chi connectivity index (χ1n) is 8.40. The van der Waals surface area contributed by atoms with Gasteiger partial charge in [0.15, 0.2) is 0 Å². The lowest BCUT2D eigenvalue weighted by Gasteiger charge is -2.21. The lowest BCUT2D eigenvalue weighted by Crippen LogP contribution is -2.17. The van der Waals surface area contributed by atoms with Gasteiger partial charge in [0.2, 0.25) is 5.95 Å². The largest absolute Gasteiger partial charge is 0.497 e. The van der Waals surface area contributed by atoms with Crippen molar-refractivity contribution in [1.29, 1.82) is 0 Å². The molecule has 1 atom stereocenters. The molecule has 6 nitrogen and oxygen atoms in total. The molecule has 2 aromatic heterocycles. The van der Waals surface area contributed by atoms with Gasteiger partial charge in [-0.2, -0.15) is 4.98 Å². The molecule has 0 bridgehead atoms. The number of hydrogen-bond donors (Lipinski definition) is 1. The van der Waals surface area contributed by atoms with Gasteiger partial charge in [-0.3, -0.25) is 4.98 Å². The van der Waals surface area contributed by atoms with Crippen molar-refractivity contribution in [3.05, 3.63) is 71.7 Å². The fourth-order valence-corrected chi connectivity index (χ4v) is 2.80. The lowest BCUT2D eigenvalue weighted by molar-refractivity contribution is 0.414. The second-order valence-corrected chi connectivity index (χ2v) is 6.23. The quantitative estimate of drug-likeness (QED) is 0.735. The van der Waals surface area contributed by atoms with Crippen LogP contribution in [0.4, 0.5) is 11.8 Å². The van der Waals surface area contributed by atoms with Crippen molar-refractivity contribution < 1.29 is 4.74 Å².